The van der Waals surface area contributed by atoms with Crippen LogP contribution >= 0.6 is 0 Å². The summed E-state index contributed by atoms with van der Waals surface area (Å²) in [7, 11) is 0. The van der Waals surface area contributed by atoms with Crippen molar-refractivity contribution < 1.29 is 5.11 Å². The van der Waals surface area contributed by atoms with Gasteiger partial charge in [-0.15, -0.1) is 0 Å². The minimum Gasteiger partial charge on any atom is -0.384 e. The number of aromatic nitrogens is 2. The molecular formula is C15H20N2O. The molecule has 0 fully saturated rings. The number of aliphatic hydroxyl groups is 1. The number of para-hydroxylation sites is 1. The summed E-state index contributed by atoms with van der Waals surface area (Å²) in [5.41, 5.74) is 1.88. The summed E-state index contributed by atoms with van der Waals surface area (Å²) < 4.78 is 1.83. The van der Waals surface area contributed by atoms with Crippen molar-refractivity contribution in [2.45, 2.75) is 39.2 Å². The largest absolute Gasteiger partial charge is 0.384 e. The third kappa shape index (κ3) is 2.46. The van der Waals surface area contributed by atoms with Crippen molar-refractivity contribution in [3.63, 3.8) is 0 Å². The van der Waals surface area contributed by atoms with Crippen molar-refractivity contribution in [1.29, 1.82) is 0 Å². The van der Waals surface area contributed by atoms with Crippen molar-refractivity contribution in [1.82, 2.24) is 9.78 Å². The summed E-state index contributed by atoms with van der Waals surface area (Å²) in [5, 5.41) is 14.9. The first-order valence-corrected chi connectivity index (χ1v) is 6.28. The van der Waals surface area contributed by atoms with Crippen LogP contribution in [0.15, 0.2) is 36.4 Å². The maximum Gasteiger partial charge on any atom is 0.101 e. The number of benzene rings is 1. The van der Waals surface area contributed by atoms with Gasteiger partial charge in [-0.25, -0.2) is 4.68 Å². The van der Waals surface area contributed by atoms with E-state index < -0.39 is 5.60 Å². The quantitative estimate of drug-likeness (QED) is 0.900. The molecular weight excluding hydrogens is 224 g/mol. The second-order valence-corrected chi connectivity index (χ2v) is 5.42. The first kappa shape index (κ1) is 12.8. The molecule has 18 heavy (non-hydrogen) atoms. The van der Waals surface area contributed by atoms with Crippen LogP contribution in [-0.2, 0) is 5.60 Å². The molecule has 96 valence electrons. The Bertz CT molecular complexity index is 521. The zero-order chi connectivity index (χ0) is 13.3. The van der Waals surface area contributed by atoms with Gasteiger partial charge in [-0.05, 0) is 38.0 Å². The average Bonchev–Trinajstić information content (AvgIpc) is 2.74. The molecule has 0 bridgehead atoms. The lowest BCUT2D eigenvalue weighted by Gasteiger charge is -2.18. The lowest BCUT2D eigenvalue weighted by atomic mass is 10.0. The SMILES string of the molecule is CC(C)c1cc(C(C)(C)O)n(-c2ccccc2)n1. The van der Waals surface area contributed by atoms with Gasteiger partial charge in [0.1, 0.15) is 5.60 Å². The Morgan fingerprint density at radius 3 is 2.28 bits per heavy atom. The zero-order valence-corrected chi connectivity index (χ0v) is 11.4. The van der Waals surface area contributed by atoms with Crippen molar-refractivity contribution in [2.75, 3.05) is 0 Å². The van der Waals surface area contributed by atoms with Crippen LogP contribution in [0.3, 0.4) is 0 Å². The molecule has 0 aliphatic rings. The molecule has 2 rings (SSSR count). The normalized spacial score (nSPS) is 12.1. The van der Waals surface area contributed by atoms with Crippen molar-refractivity contribution >= 4 is 0 Å². The highest BCUT2D eigenvalue weighted by Crippen LogP contribution is 2.26. The van der Waals surface area contributed by atoms with Gasteiger partial charge < -0.3 is 5.11 Å². The van der Waals surface area contributed by atoms with E-state index in [4.69, 9.17) is 0 Å². The Morgan fingerprint density at radius 1 is 1.17 bits per heavy atom. The molecule has 0 atom stereocenters. The molecule has 2 aromatic rings. The molecule has 3 nitrogen and oxygen atoms in total. The monoisotopic (exact) mass is 244 g/mol. The van der Waals surface area contributed by atoms with E-state index in [0.29, 0.717) is 5.92 Å². The molecule has 0 radical (unpaired) electrons. The fraction of sp³-hybridized carbons (Fsp3) is 0.400. The van der Waals surface area contributed by atoms with Crippen LogP contribution in [0.5, 0.6) is 0 Å². The van der Waals surface area contributed by atoms with Gasteiger partial charge in [-0.3, -0.25) is 0 Å². The summed E-state index contributed by atoms with van der Waals surface area (Å²) in [4.78, 5) is 0. The van der Waals surface area contributed by atoms with Gasteiger partial charge in [0.25, 0.3) is 0 Å². The molecule has 0 aliphatic carbocycles. The predicted molar refractivity (Wildman–Crippen MR) is 72.9 cm³/mol. The van der Waals surface area contributed by atoms with Gasteiger partial charge in [0, 0.05) is 0 Å². The van der Waals surface area contributed by atoms with Crippen molar-refractivity contribution in [2.24, 2.45) is 0 Å². The fourth-order valence-electron chi connectivity index (χ4n) is 1.88. The Kier molecular flexibility index (Phi) is 3.26. The molecule has 0 unspecified atom stereocenters. The Labute approximate surface area is 108 Å². The van der Waals surface area contributed by atoms with E-state index in [0.717, 1.165) is 17.1 Å². The number of nitrogens with zero attached hydrogens (tertiary/aromatic N) is 2. The average molecular weight is 244 g/mol. The minimum atomic E-state index is -0.907. The third-order valence-electron chi connectivity index (χ3n) is 2.95. The molecule has 1 N–H and O–H groups in total. The lowest BCUT2D eigenvalue weighted by Crippen LogP contribution is -2.20. The Balaban J connectivity index is 2.59. The first-order valence-electron chi connectivity index (χ1n) is 6.28. The maximum absolute atomic E-state index is 10.3. The molecule has 3 heteroatoms. The summed E-state index contributed by atoms with van der Waals surface area (Å²) in [6.07, 6.45) is 0. The smallest absolute Gasteiger partial charge is 0.101 e. The van der Waals surface area contributed by atoms with Gasteiger partial charge in [-0.2, -0.15) is 5.10 Å². The molecule has 1 heterocycles. The first-order chi connectivity index (χ1) is 8.39. The Hall–Kier alpha value is -1.61. The van der Waals surface area contributed by atoms with Gasteiger partial charge in [0.15, 0.2) is 0 Å². The van der Waals surface area contributed by atoms with E-state index in [2.05, 4.69) is 18.9 Å². The summed E-state index contributed by atoms with van der Waals surface area (Å²) in [5.74, 6) is 0.344. The highest BCUT2D eigenvalue weighted by atomic mass is 16.3. The van der Waals surface area contributed by atoms with E-state index in [1.807, 2.05) is 41.1 Å². The van der Waals surface area contributed by atoms with Crippen LogP contribution in [0.25, 0.3) is 5.69 Å². The number of rotatable bonds is 3. The summed E-state index contributed by atoms with van der Waals surface area (Å²) >= 11 is 0. The molecule has 1 aromatic carbocycles. The van der Waals surface area contributed by atoms with Crippen LogP contribution < -0.4 is 0 Å². The Morgan fingerprint density at radius 2 is 1.78 bits per heavy atom. The number of hydrogen-bond acceptors (Lipinski definition) is 2. The van der Waals surface area contributed by atoms with Crippen LogP contribution in [0.4, 0.5) is 0 Å². The molecule has 1 aromatic heterocycles. The van der Waals surface area contributed by atoms with E-state index in [1.165, 1.54) is 0 Å². The summed E-state index contributed by atoms with van der Waals surface area (Å²) in [6.45, 7) is 7.78. The maximum atomic E-state index is 10.3. The van der Waals surface area contributed by atoms with E-state index in [-0.39, 0.29) is 0 Å². The van der Waals surface area contributed by atoms with Crippen molar-refractivity contribution in [3.8, 4) is 5.69 Å². The zero-order valence-electron chi connectivity index (χ0n) is 11.4. The molecule has 0 amide bonds. The van der Waals surface area contributed by atoms with Crippen LogP contribution in [-0.4, -0.2) is 14.9 Å². The second kappa shape index (κ2) is 4.58. The van der Waals surface area contributed by atoms with E-state index in [9.17, 15) is 5.11 Å². The topological polar surface area (TPSA) is 38.0 Å². The van der Waals surface area contributed by atoms with Gasteiger partial charge >= 0.3 is 0 Å². The van der Waals surface area contributed by atoms with Gasteiger partial charge in [0.05, 0.1) is 17.1 Å². The molecule has 0 saturated carbocycles. The molecule has 0 aliphatic heterocycles. The standard InChI is InChI=1S/C15H20N2O/c1-11(2)13-10-14(15(3,4)18)17(16-13)12-8-6-5-7-9-12/h5-11,18H,1-4H3. The highest BCUT2D eigenvalue weighted by molar-refractivity contribution is 5.35. The van der Waals surface area contributed by atoms with Crippen LogP contribution in [0.2, 0.25) is 0 Å². The molecule has 0 saturated heterocycles. The molecule has 0 spiro atoms. The van der Waals surface area contributed by atoms with Crippen molar-refractivity contribution in [3.05, 3.63) is 47.8 Å². The number of hydrogen-bond donors (Lipinski definition) is 1. The highest BCUT2D eigenvalue weighted by Gasteiger charge is 2.24. The van der Waals surface area contributed by atoms with Crippen LogP contribution in [0, 0.1) is 0 Å². The van der Waals surface area contributed by atoms with E-state index >= 15 is 0 Å². The van der Waals surface area contributed by atoms with Gasteiger partial charge in [0.2, 0.25) is 0 Å². The minimum absolute atomic E-state index is 0.344. The van der Waals surface area contributed by atoms with Gasteiger partial charge in [-0.1, -0.05) is 32.0 Å². The second-order valence-electron chi connectivity index (χ2n) is 5.42. The van der Waals surface area contributed by atoms with Crippen LogP contribution in [0.1, 0.15) is 45.0 Å². The fourth-order valence-corrected chi connectivity index (χ4v) is 1.88. The van der Waals surface area contributed by atoms with E-state index in [1.54, 1.807) is 13.8 Å². The summed E-state index contributed by atoms with van der Waals surface area (Å²) in [6, 6.07) is 11.9. The predicted octanol–water partition coefficient (Wildman–Crippen LogP) is 3.22. The lowest BCUT2D eigenvalue weighted by molar-refractivity contribution is 0.0711. The third-order valence-corrected chi connectivity index (χ3v) is 2.95.